The maximum Gasteiger partial charge on any atom is 0.243 e. The zero-order valence-corrected chi connectivity index (χ0v) is 44.1. The Bertz CT molecular complexity index is 1390. The summed E-state index contributed by atoms with van der Waals surface area (Å²) in [7, 11) is 0. The second-order valence-electron chi connectivity index (χ2n) is 19.0. The average Bonchev–Trinajstić information content (AvgIpc) is 3.32. The van der Waals surface area contributed by atoms with E-state index in [2.05, 4.69) is 45.1 Å². The molecular weight excluding hydrogens is 889 g/mol. The number of primary amides is 1. The Kier molecular flexibility index (Phi) is 43.6. The van der Waals surface area contributed by atoms with Crippen LogP contribution in [-0.2, 0) is 28.8 Å². The highest BCUT2D eigenvalue weighted by Crippen LogP contribution is 2.15. The van der Waals surface area contributed by atoms with Crippen molar-refractivity contribution in [3.05, 3.63) is 0 Å². The van der Waals surface area contributed by atoms with Crippen LogP contribution in [0.4, 0.5) is 0 Å². The minimum atomic E-state index is -1.08. The molecule has 0 rings (SSSR count). The lowest BCUT2D eigenvalue weighted by Gasteiger charge is -2.24. The number of unbranched alkanes of at least 4 members (excludes halogenated alkanes) is 24. The number of nitrogens with two attached hydrogens (primary N) is 5. The van der Waals surface area contributed by atoms with Gasteiger partial charge in [-0.3, -0.25) is 38.8 Å². The van der Waals surface area contributed by atoms with Crippen molar-refractivity contribution in [2.45, 2.75) is 244 Å². The molecule has 0 aromatic rings. The molecular formula is C52H102N12O6. The third kappa shape index (κ3) is 42.3. The molecule has 70 heavy (non-hydrogen) atoms. The fourth-order valence-electron chi connectivity index (χ4n) is 8.28. The highest BCUT2D eigenvalue weighted by Gasteiger charge is 2.26. The highest BCUT2D eigenvalue weighted by molar-refractivity contribution is 5.92. The molecule has 0 aromatic carbocycles. The summed E-state index contributed by atoms with van der Waals surface area (Å²) in [6.07, 6.45) is 33.3. The molecule has 0 aliphatic carbocycles. The van der Waals surface area contributed by atoms with E-state index in [0.29, 0.717) is 25.7 Å². The van der Waals surface area contributed by atoms with E-state index in [9.17, 15) is 28.8 Å². The molecule has 0 unspecified atom stereocenters. The minimum absolute atomic E-state index is 0.0718. The third-order valence-corrected chi connectivity index (χ3v) is 12.5. The molecule has 18 nitrogen and oxygen atoms in total. The van der Waals surface area contributed by atoms with Gasteiger partial charge in [-0.1, -0.05) is 168 Å². The van der Waals surface area contributed by atoms with Crippen molar-refractivity contribution in [2.75, 3.05) is 39.3 Å². The third-order valence-electron chi connectivity index (χ3n) is 12.5. The van der Waals surface area contributed by atoms with Crippen LogP contribution in [0, 0.1) is 0 Å². The first-order valence-electron chi connectivity index (χ1n) is 27.6. The molecule has 0 heterocycles. The van der Waals surface area contributed by atoms with Crippen LogP contribution in [0.15, 0.2) is 9.98 Å². The van der Waals surface area contributed by atoms with E-state index in [0.717, 1.165) is 38.5 Å². The van der Waals surface area contributed by atoms with Gasteiger partial charge in [0.25, 0.3) is 0 Å². The molecule has 0 aromatic heterocycles. The molecule has 18 heteroatoms. The van der Waals surface area contributed by atoms with Gasteiger partial charge in [-0.15, -0.1) is 0 Å². The van der Waals surface area contributed by atoms with Crippen LogP contribution in [0.3, 0.4) is 0 Å². The van der Waals surface area contributed by atoms with Crippen molar-refractivity contribution in [3.8, 4) is 0 Å². The molecule has 0 spiro atoms. The maximum atomic E-state index is 13.6. The zero-order valence-electron chi connectivity index (χ0n) is 44.1. The quantitative estimate of drug-likeness (QED) is 0.0185. The van der Waals surface area contributed by atoms with Crippen LogP contribution in [0.25, 0.3) is 0 Å². The van der Waals surface area contributed by atoms with Crippen molar-refractivity contribution in [2.24, 2.45) is 38.7 Å². The zero-order chi connectivity index (χ0) is 51.9. The summed E-state index contributed by atoms with van der Waals surface area (Å²) in [6.45, 7) is 5.77. The molecule has 0 radical (unpaired) electrons. The second-order valence-corrected chi connectivity index (χ2v) is 19.0. The highest BCUT2D eigenvalue weighted by atomic mass is 16.2. The molecule has 0 saturated carbocycles. The summed E-state index contributed by atoms with van der Waals surface area (Å²) in [5, 5.41) is 11.2. The van der Waals surface area contributed by atoms with E-state index in [1.54, 1.807) is 4.90 Å². The maximum absolute atomic E-state index is 13.6. The number of hydrogen-bond donors (Lipinski definition) is 9. The van der Waals surface area contributed by atoms with Crippen LogP contribution in [0.2, 0.25) is 0 Å². The van der Waals surface area contributed by atoms with Gasteiger partial charge in [0.1, 0.15) is 12.1 Å². The van der Waals surface area contributed by atoms with E-state index in [1.807, 2.05) is 0 Å². The van der Waals surface area contributed by atoms with E-state index >= 15 is 0 Å². The largest absolute Gasteiger partial charge is 0.370 e. The number of carbonyl (C=O) groups excluding carboxylic acids is 6. The normalized spacial score (nSPS) is 11.8. The van der Waals surface area contributed by atoms with Gasteiger partial charge in [-0.25, -0.2) is 0 Å². The molecule has 0 bridgehead atoms. The Balaban J connectivity index is 5.21. The number of carbonyl (C=O) groups is 6. The Morgan fingerprint density at radius 1 is 0.414 bits per heavy atom. The summed E-state index contributed by atoms with van der Waals surface area (Å²) >= 11 is 0. The summed E-state index contributed by atoms with van der Waals surface area (Å²) < 4.78 is 0. The number of hydrogen-bond acceptors (Lipinski definition) is 8. The Hall–Kier alpha value is -4.64. The summed E-state index contributed by atoms with van der Waals surface area (Å²) in [5.41, 5.74) is 27.2. The predicted octanol–water partition coefficient (Wildman–Crippen LogP) is 6.35. The standard InChI is InChI=1S/C52H102N12O6/c1-3-5-7-9-11-13-15-17-19-21-23-25-27-33-45(65)58-39-41-64(42-40-59-46(66)34-28-26-24-22-20-18-16-14-12-10-8-6-4-2)48(68)36-35-47(67)62-44(32-30-38-61-52(56)57)50(70)63-43(49(53)69)31-29-37-60-51(54)55/h43-44H,3-42H2,1-2H3,(H2,53,69)(H,58,65)(H,59,66)(H,62,67)(H,63,70)(H4,54,55,60)(H4,56,57,61)/t43-,44-/m0/s1. The van der Waals surface area contributed by atoms with Crippen LogP contribution >= 0.6 is 0 Å². The number of aliphatic imine (C=N–C) groups is 2. The lowest BCUT2D eigenvalue weighted by molar-refractivity contribution is -0.135. The van der Waals surface area contributed by atoms with Crippen molar-refractivity contribution in [1.82, 2.24) is 26.2 Å². The van der Waals surface area contributed by atoms with Crippen LogP contribution in [-0.4, -0.2) is 104 Å². The average molecular weight is 991 g/mol. The van der Waals surface area contributed by atoms with Gasteiger partial charge in [0.2, 0.25) is 35.4 Å². The molecule has 0 aliphatic rings. The predicted molar refractivity (Wildman–Crippen MR) is 285 cm³/mol. The van der Waals surface area contributed by atoms with Gasteiger partial charge in [0.15, 0.2) is 11.9 Å². The number of guanidine groups is 2. The van der Waals surface area contributed by atoms with E-state index < -0.39 is 29.8 Å². The first kappa shape index (κ1) is 65.4. The molecule has 0 saturated heterocycles. The van der Waals surface area contributed by atoms with Gasteiger partial charge in [0, 0.05) is 65.0 Å². The van der Waals surface area contributed by atoms with Crippen LogP contribution < -0.4 is 49.9 Å². The summed E-state index contributed by atoms with van der Waals surface area (Å²) in [4.78, 5) is 87.4. The van der Waals surface area contributed by atoms with Gasteiger partial charge in [-0.05, 0) is 38.5 Å². The van der Waals surface area contributed by atoms with Gasteiger partial charge in [0.05, 0.1) is 0 Å². The fraction of sp³-hybridized carbons (Fsp3) is 0.846. The van der Waals surface area contributed by atoms with Crippen LogP contribution in [0.1, 0.15) is 232 Å². The van der Waals surface area contributed by atoms with Crippen molar-refractivity contribution < 1.29 is 28.8 Å². The fourth-order valence-corrected chi connectivity index (χ4v) is 8.28. The molecule has 2 atom stereocenters. The Morgan fingerprint density at radius 2 is 0.771 bits per heavy atom. The molecule has 6 amide bonds. The van der Waals surface area contributed by atoms with E-state index in [1.165, 1.54) is 128 Å². The number of nitrogens with one attached hydrogen (secondary N) is 4. The molecule has 0 aliphatic heterocycles. The number of rotatable bonds is 49. The van der Waals surface area contributed by atoms with Crippen molar-refractivity contribution in [1.29, 1.82) is 0 Å². The lowest BCUT2D eigenvalue weighted by atomic mass is 10.0. The Morgan fingerprint density at radius 3 is 1.13 bits per heavy atom. The molecule has 0 fully saturated rings. The second kappa shape index (κ2) is 46.7. The van der Waals surface area contributed by atoms with Gasteiger partial charge >= 0.3 is 0 Å². The lowest BCUT2D eigenvalue weighted by Crippen LogP contribution is -2.53. The minimum Gasteiger partial charge on any atom is -0.370 e. The monoisotopic (exact) mass is 991 g/mol. The first-order valence-corrected chi connectivity index (χ1v) is 27.6. The van der Waals surface area contributed by atoms with E-state index in [4.69, 9.17) is 28.7 Å². The van der Waals surface area contributed by atoms with Crippen molar-refractivity contribution >= 4 is 47.4 Å². The van der Waals surface area contributed by atoms with Gasteiger partial charge in [-0.2, -0.15) is 0 Å². The van der Waals surface area contributed by atoms with E-state index in [-0.39, 0.29) is 94.6 Å². The molecule has 406 valence electrons. The number of nitrogens with zero attached hydrogens (tertiary/aromatic N) is 3. The smallest absolute Gasteiger partial charge is 0.243 e. The van der Waals surface area contributed by atoms with Crippen molar-refractivity contribution in [3.63, 3.8) is 0 Å². The molecule has 14 N–H and O–H groups in total. The van der Waals surface area contributed by atoms with Gasteiger partial charge < -0.3 is 54.8 Å². The SMILES string of the molecule is CCCCCCCCCCCCCCCC(=O)NCCN(CCNC(=O)CCCCCCCCCCCCCCC)C(=O)CCC(=O)N[C@@H](CCCN=C(N)N)C(=O)N[C@@H](CCCN=C(N)N)C(N)=O. The first-order chi connectivity index (χ1) is 33.8. The summed E-state index contributed by atoms with van der Waals surface area (Å²) in [5.74, 6) is -2.66. The Labute approximate surface area is 423 Å². The summed E-state index contributed by atoms with van der Waals surface area (Å²) in [6, 6.07) is -2.12. The number of amides is 6. The van der Waals surface area contributed by atoms with Crippen LogP contribution in [0.5, 0.6) is 0 Å². The topological polar surface area (TPSA) is 309 Å².